The summed E-state index contributed by atoms with van der Waals surface area (Å²) < 4.78 is 12.1. The van der Waals surface area contributed by atoms with Gasteiger partial charge in [0.25, 0.3) is 0 Å². The second-order valence-corrected chi connectivity index (χ2v) is 8.52. The van der Waals surface area contributed by atoms with Crippen molar-refractivity contribution in [1.29, 1.82) is 0 Å². The fourth-order valence-corrected chi connectivity index (χ4v) is 4.27. The average molecular weight is 548 g/mol. The van der Waals surface area contributed by atoms with Crippen LogP contribution in [-0.4, -0.2) is 88.4 Å². The molecule has 12 nitrogen and oxygen atoms in total. The maximum atomic E-state index is 13.0. The number of carbonyl (C=O) groups is 5. The molecule has 0 radical (unpaired) electrons. The van der Waals surface area contributed by atoms with E-state index in [4.69, 9.17) is 49.1 Å². The second-order valence-electron chi connectivity index (χ2n) is 7.61. The van der Waals surface area contributed by atoms with Crippen molar-refractivity contribution in [1.82, 2.24) is 4.90 Å². The summed E-state index contributed by atoms with van der Waals surface area (Å²) in [5.41, 5.74) is 2.52. The molecule has 4 N–H and O–H groups in total. The van der Waals surface area contributed by atoms with Crippen molar-refractivity contribution in [3.63, 3.8) is 0 Å². The van der Waals surface area contributed by atoms with Gasteiger partial charge in [-0.15, -0.1) is 11.3 Å². The van der Waals surface area contributed by atoms with Gasteiger partial charge in [-0.1, -0.05) is 30.3 Å². The van der Waals surface area contributed by atoms with E-state index in [1.165, 1.54) is 0 Å². The van der Waals surface area contributed by atoms with Gasteiger partial charge in [-0.2, -0.15) is 0 Å². The maximum absolute atomic E-state index is 13.0. The van der Waals surface area contributed by atoms with E-state index in [0.717, 1.165) is 59.8 Å². The van der Waals surface area contributed by atoms with Crippen molar-refractivity contribution in [3.8, 4) is 5.75 Å². The van der Waals surface area contributed by atoms with Crippen LogP contribution in [0.15, 0.2) is 47.8 Å². The summed E-state index contributed by atoms with van der Waals surface area (Å²) in [6.45, 7) is 4.19. The molecule has 3 aromatic rings. The zero-order chi connectivity index (χ0) is 28.2. The fourth-order valence-electron chi connectivity index (χ4n) is 3.33. The topological polar surface area (TPSA) is 188 Å². The highest BCUT2D eigenvalue weighted by molar-refractivity contribution is 7.17. The number of hydrogen-bond acceptors (Lipinski definition) is 9. The molecule has 0 spiro atoms. The lowest BCUT2D eigenvalue weighted by Gasteiger charge is -2.27. The minimum Gasteiger partial charge on any atom is -0.496 e. The van der Waals surface area contributed by atoms with Gasteiger partial charge < -0.3 is 29.9 Å². The van der Waals surface area contributed by atoms with Gasteiger partial charge in [0, 0.05) is 51.8 Å². The lowest BCUT2D eigenvalue weighted by Crippen LogP contribution is -2.35. The van der Waals surface area contributed by atoms with Crippen LogP contribution in [0.5, 0.6) is 5.75 Å². The van der Waals surface area contributed by atoms with Crippen LogP contribution in [0.2, 0.25) is 0 Å². The number of hydrogen-bond donors (Lipinski definition) is 4. The monoisotopic (exact) mass is 547 g/mol. The summed E-state index contributed by atoms with van der Waals surface area (Å²) >= 11 is 1.60. The summed E-state index contributed by atoms with van der Waals surface area (Å²) in [7, 11) is 1.66. The zero-order valence-corrected chi connectivity index (χ0v) is 21.0. The van der Waals surface area contributed by atoms with E-state index in [0.29, 0.717) is 5.56 Å². The molecule has 38 heavy (non-hydrogen) atoms. The van der Waals surface area contributed by atoms with Gasteiger partial charge in [-0.05, 0) is 12.1 Å². The SMILES string of the molecule is COc1cc(C(=O)c2csc3ccccc23)ccc1CN1CCOCC1.O=C(O)C(=O)O.O=C(O)C(=O)O. The number of carbonyl (C=O) groups excluding carboxylic acids is 1. The highest BCUT2D eigenvalue weighted by Gasteiger charge is 2.18. The molecule has 1 aliphatic rings. The van der Waals surface area contributed by atoms with E-state index >= 15 is 0 Å². The highest BCUT2D eigenvalue weighted by Crippen LogP contribution is 2.29. The first-order chi connectivity index (χ1) is 18.0. The van der Waals surface area contributed by atoms with Gasteiger partial charge in [-0.25, -0.2) is 19.2 Å². The first-order valence-electron chi connectivity index (χ1n) is 11.0. The Morgan fingerprint density at radius 1 is 0.895 bits per heavy atom. The van der Waals surface area contributed by atoms with Crippen molar-refractivity contribution in [3.05, 3.63) is 64.5 Å². The molecular formula is C25H25NO11S. The molecule has 0 unspecified atom stereocenters. The summed E-state index contributed by atoms with van der Waals surface area (Å²) in [5.74, 6) is -6.49. The number of nitrogens with zero attached hydrogens (tertiary/aromatic N) is 1. The predicted molar refractivity (Wildman–Crippen MR) is 135 cm³/mol. The number of methoxy groups -OCH3 is 1. The normalized spacial score (nSPS) is 12.8. The number of carboxylic acid groups (broad SMARTS) is 4. The largest absolute Gasteiger partial charge is 0.496 e. The van der Waals surface area contributed by atoms with Crippen molar-refractivity contribution in [2.75, 3.05) is 33.4 Å². The van der Waals surface area contributed by atoms with Crippen LogP contribution in [0.1, 0.15) is 21.5 Å². The van der Waals surface area contributed by atoms with Crippen molar-refractivity contribution in [2.45, 2.75) is 6.54 Å². The molecule has 2 heterocycles. The molecule has 202 valence electrons. The van der Waals surface area contributed by atoms with E-state index in [1.807, 2.05) is 47.8 Å². The minimum absolute atomic E-state index is 0.0404. The van der Waals surface area contributed by atoms with E-state index in [-0.39, 0.29) is 5.78 Å². The third kappa shape index (κ3) is 8.65. The third-order valence-electron chi connectivity index (χ3n) is 5.14. The zero-order valence-electron chi connectivity index (χ0n) is 20.2. The molecule has 4 rings (SSSR count). The van der Waals surface area contributed by atoms with Gasteiger partial charge in [-0.3, -0.25) is 9.69 Å². The van der Waals surface area contributed by atoms with E-state index in [9.17, 15) is 4.79 Å². The Hall–Kier alpha value is -4.33. The van der Waals surface area contributed by atoms with Crippen LogP contribution in [0.4, 0.5) is 0 Å². The first kappa shape index (κ1) is 29.9. The maximum Gasteiger partial charge on any atom is 0.414 e. The Labute approximate surface area is 220 Å². The summed E-state index contributed by atoms with van der Waals surface area (Å²) in [4.78, 5) is 51.8. The van der Waals surface area contributed by atoms with Gasteiger partial charge in [0.15, 0.2) is 5.78 Å². The number of carboxylic acids is 4. The quantitative estimate of drug-likeness (QED) is 0.270. The third-order valence-corrected chi connectivity index (χ3v) is 6.10. The molecule has 1 aromatic heterocycles. The summed E-state index contributed by atoms with van der Waals surface area (Å²) in [5, 5.41) is 32.5. The second kappa shape index (κ2) is 14.4. The number of ether oxygens (including phenoxy) is 2. The molecule has 2 aromatic carbocycles. The Morgan fingerprint density at radius 2 is 1.47 bits per heavy atom. The van der Waals surface area contributed by atoms with Crippen LogP contribution in [-0.2, 0) is 30.5 Å². The van der Waals surface area contributed by atoms with Crippen LogP contribution < -0.4 is 4.74 Å². The highest BCUT2D eigenvalue weighted by atomic mass is 32.1. The number of morpholine rings is 1. The van der Waals surface area contributed by atoms with Gasteiger partial charge in [0.1, 0.15) is 5.75 Å². The van der Waals surface area contributed by atoms with Crippen LogP contribution in [0.3, 0.4) is 0 Å². The molecule has 1 fully saturated rings. The van der Waals surface area contributed by atoms with Crippen LogP contribution in [0, 0.1) is 0 Å². The minimum atomic E-state index is -1.82. The average Bonchev–Trinajstić information content (AvgIpc) is 3.34. The predicted octanol–water partition coefficient (Wildman–Crippen LogP) is 2.28. The fraction of sp³-hybridized carbons (Fsp3) is 0.240. The van der Waals surface area contributed by atoms with Crippen molar-refractivity contribution in [2.24, 2.45) is 0 Å². The molecule has 1 saturated heterocycles. The van der Waals surface area contributed by atoms with Crippen molar-refractivity contribution < 1.29 is 53.9 Å². The Kier molecular flexibility index (Phi) is 11.3. The molecule has 0 aliphatic carbocycles. The summed E-state index contributed by atoms with van der Waals surface area (Å²) in [6.07, 6.45) is 0. The van der Waals surface area contributed by atoms with E-state index in [2.05, 4.69) is 4.90 Å². The Balaban J connectivity index is 0.000000355. The Morgan fingerprint density at radius 3 is 2.03 bits per heavy atom. The number of thiophene rings is 1. The first-order valence-corrected chi connectivity index (χ1v) is 11.8. The number of fused-ring (bicyclic) bond motifs is 1. The van der Waals surface area contributed by atoms with Crippen molar-refractivity contribution >= 4 is 51.1 Å². The van der Waals surface area contributed by atoms with Crippen LogP contribution >= 0.6 is 11.3 Å². The molecule has 0 amide bonds. The van der Waals surface area contributed by atoms with Gasteiger partial charge >= 0.3 is 23.9 Å². The molecule has 0 bridgehead atoms. The smallest absolute Gasteiger partial charge is 0.414 e. The lowest BCUT2D eigenvalue weighted by molar-refractivity contribution is -0.159. The molecule has 0 saturated carbocycles. The lowest BCUT2D eigenvalue weighted by atomic mass is 10.0. The number of benzene rings is 2. The summed E-state index contributed by atoms with van der Waals surface area (Å²) in [6, 6.07) is 13.8. The Bertz CT molecular complexity index is 1260. The molecule has 1 aliphatic heterocycles. The van der Waals surface area contributed by atoms with Crippen LogP contribution in [0.25, 0.3) is 10.1 Å². The number of aliphatic carboxylic acids is 4. The number of rotatable bonds is 5. The van der Waals surface area contributed by atoms with Gasteiger partial charge in [0.05, 0.1) is 20.3 Å². The molecule has 0 atom stereocenters. The molecule has 13 heteroatoms. The standard InChI is InChI=1S/C21H21NO3S.2C2H2O4/c1-24-19-12-15(6-7-16(19)13-22-8-10-25-11-9-22)21(23)18-14-26-20-5-3-2-4-17(18)20;2*3-1(4)2(5)6/h2-7,12,14H,8-11,13H2,1H3;2*(H,3,4)(H,5,6). The van der Waals surface area contributed by atoms with E-state index in [1.54, 1.807) is 18.4 Å². The number of ketones is 1. The molecular weight excluding hydrogens is 522 g/mol. The van der Waals surface area contributed by atoms with E-state index < -0.39 is 23.9 Å². The van der Waals surface area contributed by atoms with Gasteiger partial charge in [0.2, 0.25) is 0 Å².